The van der Waals surface area contributed by atoms with Gasteiger partial charge in [0.05, 0.1) is 12.3 Å². The van der Waals surface area contributed by atoms with Crippen LogP contribution in [0.5, 0.6) is 0 Å². The van der Waals surface area contributed by atoms with Crippen molar-refractivity contribution in [3.05, 3.63) is 17.8 Å². The molecule has 4 heteroatoms. The van der Waals surface area contributed by atoms with E-state index in [0.29, 0.717) is 18.4 Å². The molecule has 0 amide bonds. The van der Waals surface area contributed by atoms with Gasteiger partial charge in [-0.15, -0.1) is 0 Å². The van der Waals surface area contributed by atoms with Crippen LogP contribution in [0.15, 0.2) is 10.6 Å². The second-order valence-electron chi connectivity index (χ2n) is 5.72. The summed E-state index contributed by atoms with van der Waals surface area (Å²) in [5.74, 6) is 2.27. The van der Waals surface area contributed by atoms with Crippen LogP contribution >= 0.6 is 0 Å². The molecule has 1 fully saturated rings. The second-order valence-corrected chi connectivity index (χ2v) is 5.72. The molecule has 2 atom stereocenters. The Morgan fingerprint density at radius 2 is 2.28 bits per heavy atom. The molecule has 2 heterocycles. The highest BCUT2D eigenvalue weighted by Crippen LogP contribution is 2.22. The fourth-order valence-corrected chi connectivity index (χ4v) is 2.57. The first-order valence-corrected chi connectivity index (χ1v) is 6.90. The summed E-state index contributed by atoms with van der Waals surface area (Å²) in [5, 5.41) is 9.30. The molecule has 0 aliphatic carbocycles. The van der Waals surface area contributed by atoms with Crippen molar-refractivity contribution in [3.63, 3.8) is 0 Å². The molecule has 18 heavy (non-hydrogen) atoms. The fourth-order valence-electron chi connectivity index (χ4n) is 2.57. The molecule has 4 nitrogen and oxygen atoms in total. The Balaban J connectivity index is 1.85. The predicted molar refractivity (Wildman–Crippen MR) is 70.4 cm³/mol. The zero-order valence-electron chi connectivity index (χ0n) is 11.6. The van der Waals surface area contributed by atoms with Gasteiger partial charge in [-0.3, -0.25) is 0 Å². The van der Waals surface area contributed by atoms with Gasteiger partial charge in [-0.05, 0) is 39.7 Å². The maximum atomic E-state index is 9.30. The Kier molecular flexibility index (Phi) is 4.40. The van der Waals surface area contributed by atoms with Crippen molar-refractivity contribution >= 4 is 0 Å². The lowest BCUT2D eigenvalue weighted by Crippen LogP contribution is -2.28. The number of hydrogen-bond acceptors (Lipinski definition) is 4. The van der Waals surface area contributed by atoms with E-state index in [0.717, 1.165) is 24.6 Å². The normalized spacial score (nSPS) is 22.8. The van der Waals surface area contributed by atoms with Crippen LogP contribution < -0.4 is 0 Å². The van der Waals surface area contributed by atoms with Gasteiger partial charge in [-0.1, -0.05) is 0 Å². The topological polar surface area (TPSA) is 49.5 Å². The van der Waals surface area contributed by atoms with Crippen LogP contribution in [0.2, 0.25) is 0 Å². The van der Waals surface area contributed by atoms with Gasteiger partial charge in [0.1, 0.15) is 5.76 Å². The van der Waals surface area contributed by atoms with E-state index in [1.54, 1.807) is 13.1 Å². The number of aromatic nitrogens is 1. The number of aliphatic hydroxyl groups excluding tert-OH is 1. The monoisotopic (exact) mass is 252 g/mol. The molecule has 1 saturated heterocycles. The van der Waals surface area contributed by atoms with Crippen LogP contribution in [0.4, 0.5) is 0 Å². The van der Waals surface area contributed by atoms with Crippen molar-refractivity contribution in [3.8, 4) is 0 Å². The summed E-state index contributed by atoms with van der Waals surface area (Å²) in [6, 6.07) is 0.630. The average Bonchev–Trinajstić information content (AvgIpc) is 2.88. The zero-order chi connectivity index (χ0) is 13.1. The number of rotatable bonds is 5. The molecule has 2 rings (SSSR count). The second kappa shape index (κ2) is 5.85. The summed E-state index contributed by atoms with van der Waals surface area (Å²) in [5.41, 5.74) is 0. The molecule has 0 spiro atoms. The number of oxazole rings is 1. The van der Waals surface area contributed by atoms with Crippen LogP contribution in [0.3, 0.4) is 0 Å². The minimum Gasteiger partial charge on any atom is -0.446 e. The van der Waals surface area contributed by atoms with Gasteiger partial charge in [0, 0.05) is 25.4 Å². The van der Waals surface area contributed by atoms with Crippen LogP contribution in [0, 0.1) is 5.92 Å². The first-order valence-electron chi connectivity index (χ1n) is 6.90. The molecule has 0 radical (unpaired) electrons. The lowest BCUT2D eigenvalue weighted by molar-refractivity contribution is 0.186. The molecule has 0 bridgehead atoms. The van der Waals surface area contributed by atoms with Crippen LogP contribution in [-0.4, -0.2) is 40.2 Å². The molecule has 102 valence electrons. The SMILES string of the molecule is CC(O)Cc1cnc(CC2CCN(C(C)C)C2)o1. The maximum absolute atomic E-state index is 9.30. The standard InChI is InChI=1S/C14H24N2O2/c1-10(2)16-5-4-12(9-16)7-14-15-8-13(18-14)6-11(3)17/h8,10-12,17H,4-7,9H2,1-3H3. The lowest BCUT2D eigenvalue weighted by atomic mass is 10.1. The largest absolute Gasteiger partial charge is 0.446 e. The fraction of sp³-hybridized carbons (Fsp3) is 0.786. The lowest BCUT2D eigenvalue weighted by Gasteiger charge is -2.19. The van der Waals surface area contributed by atoms with Crippen molar-refractivity contribution in [2.75, 3.05) is 13.1 Å². The third-order valence-corrected chi connectivity index (χ3v) is 3.61. The van der Waals surface area contributed by atoms with Crippen molar-refractivity contribution in [1.82, 2.24) is 9.88 Å². The van der Waals surface area contributed by atoms with Crippen LogP contribution in [0.1, 0.15) is 38.8 Å². The smallest absolute Gasteiger partial charge is 0.194 e. The third kappa shape index (κ3) is 3.56. The summed E-state index contributed by atoms with van der Waals surface area (Å²) < 4.78 is 5.66. The van der Waals surface area contributed by atoms with E-state index in [1.165, 1.54) is 13.0 Å². The van der Waals surface area contributed by atoms with Crippen LogP contribution in [0.25, 0.3) is 0 Å². The zero-order valence-corrected chi connectivity index (χ0v) is 11.6. The minimum atomic E-state index is -0.367. The van der Waals surface area contributed by atoms with E-state index in [2.05, 4.69) is 23.7 Å². The molecule has 0 saturated carbocycles. The summed E-state index contributed by atoms with van der Waals surface area (Å²) in [6.45, 7) is 8.58. The van der Waals surface area contributed by atoms with Gasteiger partial charge in [-0.2, -0.15) is 0 Å². The quantitative estimate of drug-likeness (QED) is 0.869. The predicted octanol–water partition coefficient (Wildman–Crippen LogP) is 1.87. The van der Waals surface area contributed by atoms with Gasteiger partial charge >= 0.3 is 0 Å². The molecule has 0 aromatic carbocycles. The third-order valence-electron chi connectivity index (χ3n) is 3.61. The van der Waals surface area contributed by atoms with Crippen molar-refractivity contribution in [2.45, 2.75) is 52.2 Å². The Morgan fingerprint density at radius 1 is 1.50 bits per heavy atom. The van der Waals surface area contributed by atoms with E-state index in [9.17, 15) is 5.11 Å². The van der Waals surface area contributed by atoms with E-state index in [-0.39, 0.29) is 6.10 Å². The first-order chi connectivity index (χ1) is 8.54. The average molecular weight is 252 g/mol. The van der Waals surface area contributed by atoms with Gasteiger partial charge in [0.2, 0.25) is 0 Å². The van der Waals surface area contributed by atoms with E-state index in [1.807, 2.05) is 0 Å². The molecule has 1 aromatic heterocycles. The maximum Gasteiger partial charge on any atom is 0.194 e. The highest BCUT2D eigenvalue weighted by atomic mass is 16.4. The minimum absolute atomic E-state index is 0.367. The van der Waals surface area contributed by atoms with E-state index in [4.69, 9.17) is 4.42 Å². The van der Waals surface area contributed by atoms with E-state index >= 15 is 0 Å². The highest BCUT2D eigenvalue weighted by molar-refractivity contribution is 4.97. The van der Waals surface area contributed by atoms with Gasteiger partial charge in [0.15, 0.2) is 5.89 Å². The Bertz CT molecular complexity index is 374. The summed E-state index contributed by atoms with van der Waals surface area (Å²) in [6.07, 6.45) is 4.08. The van der Waals surface area contributed by atoms with Gasteiger partial charge in [0.25, 0.3) is 0 Å². The number of aliphatic hydroxyl groups is 1. The van der Waals surface area contributed by atoms with Crippen molar-refractivity contribution in [1.29, 1.82) is 0 Å². The number of likely N-dealkylation sites (tertiary alicyclic amines) is 1. The van der Waals surface area contributed by atoms with Crippen molar-refractivity contribution < 1.29 is 9.52 Å². The molecule has 1 N–H and O–H groups in total. The highest BCUT2D eigenvalue weighted by Gasteiger charge is 2.25. The number of hydrogen-bond donors (Lipinski definition) is 1. The molecule has 1 aliphatic heterocycles. The Labute approximate surface area is 109 Å². The first kappa shape index (κ1) is 13.6. The molecule has 2 unspecified atom stereocenters. The number of nitrogens with zero attached hydrogens (tertiary/aromatic N) is 2. The molecule has 1 aliphatic rings. The Morgan fingerprint density at radius 3 is 2.89 bits per heavy atom. The summed E-state index contributed by atoms with van der Waals surface area (Å²) in [7, 11) is 0. The van der Waals surface area contributed by atoms with Gasteiger partial charge in [-0.25, -0.2) is 4.98 Å². The van der Waals surface area contributed by atoms with Crippen LogP contribution in [-0.2, 0) is 12.8 Å². The molecule has 1 aromatic rings. The Hall–Kier alpha value is -0.870. The molecular formula is C14H24N2O2. The summed E-state index contributed by atoms with van der Waals surface area (Å²) >= 11 is 0. The summed E-state index contributed by atoms with van der Waals surface area (Å²) in [4.78, 5) is 6.81. The molecular weight excluding hydrogens is 228 g/mol. The van der Waals surface area contributed by atoms with Crippen molar-refractivity contribution in [2.24, 2.45) is 5.92 Å². The van der Waals surface area contributed by atoms with E-state index < -0.39 is 0 Å². The van der Waals surface area contributed by atoms with Gasteiger partial charge < -0.3 is 14.4 Å².